The second kappa shape index (κ2) is 3.51. The van der Waals surface area contributed by atoms with Crippen LogP contribution >= 0.6 is 0 Å². The Morgan fingerprint density at radius 1 is 1.00 bits per heavy atom. The van der Waals surface area contributed by atoms with Crippen molar-refractivity contribution in [2.75, 3.05) is 14.2 Å². The highest BCUT2D eigenvalue weighted by atomic mass is 19.2. The van der Waals surface area contributed by atoms with Crippen LogP contribution in [0.25, 0.3) is 0 Å². The Morgan fingerprint density at radius 3 is 2.08 bits per heavy atom. The third-order valence-corrected chi connectivity index (χ3v) is 1.36. The molecule has 0 spiro atoms. The van der Waals surface area contributed by atoms with Crippen molar-refractivity contribution in [3.63, 3.8) is 0 Å². The van der Waals surface area contributed by atoms with Crippen molar-refractivity contribution in [3.05, 3.63) is 17.6 Å². The molecule has 6 heteroatoms. The van der Waals surface area contributed by atoms with Crippen molar-refractivity contribution in [3.8, 4) is 11.6 Å². The van der Waals surface area contributed by atoms with Gasteiger partial charge in [-0.25, -0.2) is 0 Å². The molecular weight excluding hydrogens is 187 g/mol. The van der Waals surface area contributed by atoms with Crippen LogP contribution in [0.4, 0.5) is 13.2 Å². The number of aromatic nitrogens is 1. The number of halogens is 3. The van der Waals surface area contributed by atoms with E-state index in [0.717, 1.165) is 14.2 Å². The van der Waals surface area contributed by atoms with E-state index in [0.29, 0.717) is 0 Å². The number of hydrogen-bond donors (Lipinski definition) is 0. The first-order chi connectivity index (χ1) is 6.11. The molecule has 13 heavy (non-hydrogen) atoms. The third kappa shape index (κ3) is 1.51. The Kier molecular flexibility index (Phi) is 2.60. The Bertz CT molecular complexity index is 330. The van der Waals surface area contributed by atoms with Crippen molar-refractivity contribution >= 4 is 0 Å². The van der Waals surface area contributed by atoms with Crippen molar-refractivity contribution in [2.24, 2.45) is 0 Å². The van der Waals surface area contributed by atoms with Gasteiger partial charge in [0.2, 0.25) is 17.4 Å². The molecule has 0 unspecified atom stereocenters. The lowest BCUT2D eigenvalue weighted by molar-refractivity contribution is 0.303. The summed E-state index contributed by atoms with van der Waals surface area (Å²) in [5.41, 5.74) is 0. The molecule has 3 nitrogen and oxygen atoms in total. The van der Waals surface area contributed by atoms with Crippen LogP contribution in [-0.4, -0.2) is 19.2 Å². The first-order valence-corrected chi connectivity index (χ1v) is 3.24. The van der Waals surface area contributed by atoms with Crippen molar-refractivity contribution in [2.45, 2.75) is 0 Å². The fraction of sp³-hybridized carbons (Fsp3) is 0.286. The zero-order valence-electron chi connectivity index (χ0n) is 6.90. The van der Waals surface area contributed by atoms with Gasteiger partial charge < -0.3 is 9.47 Å². The van der Waals surface area contributed by atoms with Crippen LogP contribution in [0.1, 0.15) is 0 Å². The molecule has 0 N–H and O–H groups in total. The summed E-state index contributed by atoms with van der Waals surface area (Å²) in [6.45, 7) is 0. The lowest BCUT2D eigenvalue weighted by atomic mass is 10.4. The summed E-state index contributed by atoms with van der Waals surface area (Å²) in [7, 11) is 2.10. The number of nitrogens with zero attached hydrogens (tertiary/aromatic N) is 1. The van der Waals surface area contributed by atoms with Crippen LogP contribution in [0.5, 0.6) is 11.6 Å². The van der Waals surface area contributed by atoms with Gasteiger partial charge in [-0.2, -0.15) is 18.2 Å². The van der Waals surface area contributed by atoms with E-state index in [1.165, 1.54) is 0 Å². The second-order valence-corrected chi connectivity index (χ2v) is 2.07. The summed E-state index contributed by atoms with van der Waals surface area (Å²) < 4.78 is 46.9. The minimum absolute atomic E-state index is 0.643. The molecule has 0 saturated heterocycles. The maximum absolute atomic E-state index is 13.0. The lowest BCUT2D eigenvalue weighted by Crippen LogP contribution is -2.02. The van der Waals surface area contributed by atoms with E-state index >= 15 is 0 Å². The predicted octanol–water partition coefficient (Wildman–Crippen LogP) is 1.52. The minimum Gasteiger partial charge on any atom is -0.491 e. The van der Waals surface area contributed by atoms with Gasteiger partial charge in [0.25, 0.3) is 11.8 Å². The molecular formula is C7H6F3NO2. The molecule has 1 aromatic rings. The average molecular weight is 193 g/mol. The maximum Gasteiger partial charge on any atom is 0.256 e. The smallest absolute Gasteiger partial charge is 0.256 e. The van der Waals surface area contributed by atoms with Gasteiger partial charge in [0.15, 0.2) is 0 Å². The molecule has 0 fully saturated rings. The van der Waals surface area contributed by atoms with Gasteiger partial charge in [0.1, 0.15) is 0 Å². The van der Waals surface area contributed by atoms with E-state index < -0.39 is 29.2 Å². The van der Waals surface area contributed by atoms with Crippen LogP contribution in [0.15, 0.2) is 0 Å². The number of ether oxygens (including phenoxy) is 2. The van der Waals surface area contributed by atoms with E-state index in [1.807, 2.05) is 0 Å². The molecule has 0 amide bonds. The van der Waals surface area contributed by atoms with Crippen LogP contribution in [-0.2, 0) is 0 Å². The predicted molar refractivity (Wildman–Crippen MR) is 37.2 cm³/mol. The van der Waals surface area contributed by atoms with Crippen LogP contribution in [0, 0.1) is 17.6 Å². The fourth-order valence-electron chi connectivity index (χ4n) is 0.789. The Labute approximate surface area is 72.1 Å². The zero-order valence-corrected chi connectivity index (χ0v) is 6.90. The summed E-state index contributed by atoms with van der Waals surface area (Å²) in [6.07, 6.45) is 0. The Morgan fingerprint density at radius 2 is 1.62 bits per heavy atom. The molecule has 0 bridgehead atoms. The molecule has 0 saturated carbocycles. The quantitative estimate of drug-likeness (QED) is 0.667. The van der Waals surface area contributed by atoms with Gasteiger partial charge in [-0.05, 0) is 0 Å². The number of hydrogen-bond acceptors (Lipinski definition) is 3. The van der Waals surface area contributed by atoms with E-state index in [2.05, 4.69) is 14.5 Å². The topological polar surface area (TPSA) is 31.4 Å². The molecule has 72 valence electrons. The highest BCUT2D eigenvalue weighted by Crippen LogP contribution is 2.28. The summed E-state index contributed by atoms with van der Waals surface area (Å²) in [4.78, 5) is 2.88. The largest absolute Gasteiger partial charge is 0.491 e. The molecule has 0 aliphatic carbocycles. The van der Waals surface area contributed by atoms with Gasteiger partial charge in [-0.15, -0.1) is 0 Å². The molecule has 0 aromatic carbocycles. The molecule has 0 aliphatic heterocycles. The fourth-order valence-corrected chi connectivity index (χ4v) is 0.789. The summed E-state index contributed by atoms with van der Waals surface area (Å²) in [5.74, 6) is -5.58. The molecule has 0 aliphatic rings. The first kappa shape index (κ1) is 9.63. The van der Waals surface area contributed by atoms with Gasteiger partial charge in [-0.3, -0.25) is 0 Å². The standard InChI is InChI=1S/C7H6F3NO2/c1-12-5-3(8)6(10)11-7(13-2)4(5)9/h1-2H3. The number of methoxy groups -OCH3 is 2. The molecule has 1 rings (SSSR count). The SMILES string of the molecule is COc1nc(F)c(F)c(OC)c1F. The summed E-state index contributed by atoms with van der Waals surface area (Å²) in [5, 5.41) is 0. The van der Waals surface area contributed by atoms with Crippen molar-refractivity contribution in [1.29, 1.82) is 0 Å². The minimum atomic E-state index is -1.47. The molecule has 0 atom stereocenters. The maximum atomic E-state index is 13.0. The van der Waals surface area contributed by atoms with E-state index in [9.17, 15) is 13.2 Å². The average Bonchev–Trinajstić information content (AvgIpc) is 2.12. The summed E-state index contributed by atoms with van der Waals surface area (Å²) in [6, 6.07) is 0. The first-order valence-electron chi connectivity index (χ1n) is 3.24. The van der Waals surface area contributed by atoms with Gasteiger partial charge in [0.05, 0.1) is 14.2 Å². The molecule has 1 aromatic heterocycles. The van der Waals surface area contributed by atoms with Crippen molar-refractivity contribution < 1.29 is 22.6 Å². The summed E-state index contributed by atoms with van der Waals surface area (Å²) >= 11 is 0. The third-order valence-electron chi connectivity index (χ3n) is 1.36. The van der Waals surface area contributed by atoms with Crippen LogP contribution in [0.2, 0.25) is 0 Å². The Balaban J connectivity index is 3.39. The van der Waals surface area contributed by atoms with Crippen LogP contribution in [0.3, 0.4) is 0 Å². The van der Waals surface area contributed by atoms with Gasteiger partial charge in [-0.1, -0.05) is 0 Å². The molecule has 1 heterocycles. The monoisotopic (exact) mass is 193 g/mol. The van der Waals surface area contributed by atoms with Gasteiger partial charge >= 0.3 is 0 Å². The van der Waals surface area contributed by atoms with E-state index in [4.69, 9.17) is 0 Å². The normalized spacial score (nSPS) is 9.92. The van der Waals surface area contributed by atoms with E-state index in [-0.39, 0.29) is 0 Å². The number of rotatable bonds is 2. The van der Waals surface area contributed by atoms with Gasteiger partial charge in [0, 0.05) is 0 Å². The second-order valence-electron chi connectivity index (χ2n) is 2.07. The van der Waals surface area contributed by atoms with E-state index in [1.54, 1.807) is 0 Å². The Hall–Kier alpha value is -1.46. The van der Waals surface area contributed by atoms with Crippen LogP contribution < -0.4 is 9.47 Å². The highest BCUT2D eigenvalue weighted by Gasteiger charge is 2.21. The highest BCUT2D eigenvalue weighted by molar-refractivity contribution is 5.31. The lowest BCUT2D eigenvalue weighted by Gasteiger charge is -2.06. The molecule has 0 radical (unpaired) electrons. The van der Waals surface area contributed by atoms with Crippen molar-refractivity contribution in [1.82, 2.24) is 4.98 Å². The number of pyridine rings is 1. The zero-order chi connectivity index (χ0) is 10.0.